The van der Waals surface area contributed by atoms with Crippen LogP contribution in [0.2, 0.25) is 0 Å². The third kappa shape index (κ3) is 3.14. The Morgan fingerprint density at radius 3 is 2.77 bits per heavy atom. The van der Waals surface area contributed by atoms with Crippen LogP contribution in [0, 0.1) is 0 Å². The van der Waals surface area contributed by atoms with E-state index in [4.69, 9.17) is 0 Å². The van der Waals surface area contributed by atoms with Gasteiger partial charge in [0, 0.05) is 18.9 Å². The molecule has 1 aromatic rings. The predicted molar refractivity (Wildman–Crippen MR) is 52.6 cm³/mol. The minimum absolute atomic E-state index is 0.461. The molecule has 0 bridgehead atoms. The molecule has 1 heterocycles. The molecule has 13 heavy (non-hydrogen) atoms. The molecule has 0 radical (unpaired) electrons. The Hall–Kier alpha value is -0.900. The lowest BCUT2D eigenvalue weighted by Crippen LogP contribution is -2.28. The summed E-state index contributed by atoms with van der Waals surface area (Å²) in [5.74, 6) is 1.88. The maximum absolute atomic E-state index is 4.34. The van der Waals surface area contributed by atoms with Gasteiger partial charge in [0.05, 0.1) is 0 Å². The van der Waals surface area contributed by atoms with Crippen LogP contribution in [0.25, 0.3) is 0 Å². The third-order valence-electron chi connectivity index (χ3n) is 1.95. The first kappa shape index (κ1) is 10.2. The van der Waals surface area contributed by atoms with Crippen LogP contribution >= 0.6 is 0 Å². The zero-order valence-electron chi connectivity index (χ0n) is 8.59. The quantitative estimate of drug-likeness (QED) is 0.711. The van der Waals surface area contributed by atoms with Crippen molar-refractivity contribution in [3.8, 4) is 0 Å². The van der Waals surface area contributed by atoms with Gasteiger partial charge in [0.15, 0.2) is 0 Å². The molecule has 1 atom stereocenters. The van der Waals surface area contributed by atoms with Gasteiger partial charge in [0.2, 0.25) is 0 Å². The second-order valence-electron chi connectivity index (χ2n) is 3.21. The van der Waals surface area contributed by atoms with Gasteiger partial charge in [0.1, 0.15) is 11.6 Å². The van der Waals surface area contributed by atoms with E-state index in [0.717, 1.165) is 31.0 Å². The smallest absolute Gasteiger partial charge is 0.150 e. The zero-order chi connectivity index (χ0) is 9.68. The lowest BCUT2D eigenvalue weighted by molar-refractivity contribution is 0.553. The molecule has 0 saturated heterocycles. The van der Waals surface area contributed by atoms with Gasteiger partial charge in [-0.15, -0.1) is 0 Å². The summed E-state index contributed by atoms with van der Waals surface area (Å²) in [4.78, 5) is 4.34. The van der Waals surface area contributed by atoms with Gasteiger partial charge in [-0.3, -0.25) is 5.10 Å². The fourth-order valence-corrected chi connectivity index (χ4v) is 1.29. The molecule has 1 rings (SSSR count). The van der Waals surface area contributed by atoms with E-state index in [-0.39, 0.29) is 0 Å². The molecule has 0 fully saturated rings. The van der Waals surface area contributed by atoms with Crippen molar-refractivity contribution in [2.45, 2.75) is 39.7 Å². The van der Waals surface area contributed by atoms with E-state index in [0.29, 0.717) is 6.04 Å². The number of aromatic amines is 1. The van der Waals surface area contributed by atoms with Crippen molar-refractivity contribution < 1.29 is 0 Å². The minimum atomic E-state index is 0.461. The van der Waals surface area contributed by atoms with Gasteiger partial charge >= 0.3 is 0 Å². The summed E-state index contributed by atoms with van der Waals surface area (Å²) in [6, 6.07) is 0.461. The Morgan fingerprint density at radius 1 is 1.46 bits per heavy atom. The first-order valence-electron chi connectivity index (χ1n) is 4.89. The van der Waals surface area contributed by atoms with Crippen LogP contribution in [0.5, 0.6) is 0 Å². The average Bonchev–Trinajstić information content (AvgIpc) is 2.52. The Kier molecular flexibility index (Phi) is 3.89. The average molecular weight is 182 g/mol. The highest BCUT2D eigenvalue weighted by Gasteiger charge is 2.05. The molecule has 4 heteroatoms. The van der Waals surface area contributed by atoms with Gasteiger partial charge in [-0.2, -0.15) is 5.10 Å². The van der Waals surface area contributed by atoms with Crippen LogP contribution in [0.1, 0.15) is 32.4 Å². The molecule has 0 aliphatic heterocycles. The van der Waals surface area contributed by atoms with Gasteiger partial charge in [0.25, 0.3) is 0 Å². The second-order valence-corrected chi connectivity index (χ2v) is 3.21. The Morgan fingerprint density at radius 2 is 2.23 bits per heavy atom. The second kappa shape index (κ2) is 4.97. The molecule has 1 unspecified atom stereocenters. The fraction of sp³-hybridized carbons (Fsp3) is 0.778. The predicted octanol–water partition coefficient (Wildman–Crippen LogP) is 0.908. The van der Waals surface area contributed by atoms with Crippen molar-refractivity contribution in [3.63, 3.8) is 0 Å². The summed E-state index contributed by atoms with van der Waals surface area (Å²) < 4.78 is 0. The molecule has 4 nitrogen and oxygen atoms in total. The number of aryl methyl sites for hydroxylation is 1. The maximum atomic E-state index is 4.34. The summed E-state index contributed by atoms with van der Waals surface area (Å²) in [6.45, 7) is 7.31. The van der Waals surface area contributed by atoms with Crippen molar-refractivity contribution in [1.29, 1.82) is 0 Å². The van der Waals surface area contributed by atoms with Crippen molar-refractivity contribution in [1.82, 2.24) is 20.5 Å². The summed E-state index contributed by atoms with van der Waals surface area (Å²) >= 11 is 0. The van der Waals surface area contributed by atoms with E-state index in [9.17, 15) is 0 Å². The number of likely N-dealkylation sites (N-methyl/N-ethyl adjacent to an activating group) is 1. The number of aromatic nitrogens is 3. The maximum Gasteiger partial charge on any atom is 0.150 e. The molecule has 0 amide bonds. The standard InChI is InChI=1S/C9H18N4/c1-4-8-11-9(13-12-8)6-7(3)10-5-2/h7,10H,4-6H2,1-3H3,(H,11,12,13). The number of hydrogen-bond donors (Lipinski definition) is 2. The number of rotatable bonds is 5. The third-order valence-corrected chi connectivity index (χ3v) is 1.95. The number of nitrogens with one attached hydrogen (secondary N) is 2. The monoisotopic (exact) mass is 182 g/mol. The summed E-state index contributed by atoms with van der Waals surface area (Å²) in [5.41, 5.74) is 0. The molecule has 0 aromatic carbocycles. The number of H-pyrrole nitrogens is 1. The first-order valence-corrected chi connectivity index (χ1v) is 4.89. The summed E-state index contributed by atoms with van der Waals surface area (Å²) in [6.07, 6.45) is 1.81. The Labute approximate surface area is 79.2 Å². The SMILES string of the molecule is CCNC(C)Cc1nc(CC)n[nH]1. The van der Waals surface area contributed by atoms with Crippen molar-refractivity contribution in [2.24, 2.45) is 0 Å². The van der Waals surface area contributed by atoms with Gasteiger partial charge in [-0.05, 0) is 13.5 Å². The normalized spacial score (nSPS) is 13.2. The molecule has 0 aliphatic rings. The van der Waals surface area contributed by atoms with E-state index in [1.807, 2.05) is 0 Å². The van der Waals surface area contributed by atoms with Crippen molar-refractivity contribution in [2.75, 3.05) is 6.54 Å². The van der Waals surface area contributed by atoms with Crippen LogP contribution in [0.4, 0.5) is 0 Å². The molecule has 0 spiro atoms. The zero-order valence-corrected chi connectivity index (χ0v) is 8.59. The summed E-state index contributed by atoms with van der Waals surface area (Å²) in [5, 5.41) is 10.4. The van der Waals surface area contributed by atoms with Crippen LogP contribution in [-0.2, 0) is 12.8 Å². The van der Waals surface area contributed by atoms with Crippen LogP contribution in [0.15, 0.2) is 0 Å². The molecule has 2 N–H and O–H groups in total. The highest BCUT2D eigenvalue weighted by molar-refractivity contribution is 4.92. The Balaban J connectivity index is 2.44. The van der Waals surface area contributed by atoms with E-state index < -0.39 is 0 Å². The summed E-state index contributed by atoms with van der Waals surface area (Å²) in [7, 11) is 0. The largest absolute Gasteiger partial charge is 0.314 e. The van der Waals surface area contributed by atoms with Crippen molar-refractivity contribution in [3.05, 3.63) is 11.6 Å². The topological polar surface area (TPSA) is 53.6 Å². The molecule has 74 valence electrons. The lowest BCUT2D eigenvalue weighted by Gasteiger charge is -2.08. The number of hydrogen-bond acceptors (Lipinski definition) is 3. The van der Waals surface area contributed by atoms with Crippen LogP contribution < -0.4 is 5.32 Å². The Bertz CT molecular complexity index is 244. The van der Waals surface area contributed by atoms with Crippen LogP contribution in [-0.4, -0.2) is 27.8 Å². The van der Waals surface area contributed by atoms with E-state index in [2.05, 4.69) is 41.3 Å². The van der Waals surface area contributed by atoms with Gasteiger partial charge < -0.3 is 5.32 Å². The lowest BCUT2D eigenvalue weighted by atomic mass is 10.2. The first-order chi connectivity index (χ1) is 6.26. The minimum Gasteiger partial charge on any atom is -0.314 e. The van der Waals surface area contributed by atoms with E-state index >= 15 is 0 Å². The van der Waals surface area contributed by atoms with Gasteiger partial charge in [-0.1, -0.05) is 13.8 Å². The molecular weight excluding hydrogens is 164 g/mol. The van der Waals surface area contributed by atoms with Crippen molar-refractivity contribution >= 4 is 0 Å². The fourth-order valence-electron chi connectivity index (χ4n) is 1.29. The molecule has 0 aliphatic carbocycles. The highest BCUT2D eigenvalue weighted by atomic mass is 15.2. The molecular formula is C9H18N4. The number of nitrogens with zero attached hydrogens (tertiary/aromatic N) is 2. The van der Waals surface area contributed by atoms with E-state index in [1.54, 1.807) is 0 Å². The molecule has 0 saturated carbocycles. The van der Waals surface area contributed by atoms with E-state index in [1.165, 1.54) is 0 Å². The van der Waals surface area contributed by atoms with Crippen LogP contribution in [0.3, 0.4) is 0 Å². The molecule has 1 aromatic heterocycles. The van der Waals surface area contributed by atoms with Gasteiger partial charge in [-0.25, -0.2) is 4.98 Å². The highest BCUT2D eigenvalue weighted by Crippen LogP contribution is 1.97.